The molecule has 1 saturated heterocycles. The number of hydrogen-bond donors (Lipinski definition) is 3. The van der Waals surface area contributed by atoms with E-state index < -0.39 is 6.10 Å². The second-order valence-corrected chi connectivity index (χ2v) is 8.11. The summed E-state index contributed by atoms with van der Waals surface area (Å²) in [4.78, 5) is 25.1. The van der Waals surface area contributed by atoms with Crippen LogP contribution in [0, 0.1) is 5.41 Å². The molecule has 3 heterocycles. The summed E-state index contributed by atoms with van der Waals surface area (Å²) in [6, 6.07) is 6.50. The molecular weight excluding hydrogens is 354 g/mol. The van der Waals surface area contributed by atoms with Crippen LogP contribution in [0.3, 0.4) is 0 Å². The third-order valence-corrected chi connectivity index (χ3v) is 5.96. The predicted molar refractivity (Wildman–Crippen MR) is 110 cm³/mol. The lowest BCUT2D eigenvalue weighted by molar-refractivity contribution is 0.105. The first-order valence-electron chi connectivity index (χ1n) is 10.3. The zero-order chi connectivity index (χ0) is 19.7. The van der Waals surface area contributed by atoms with Crippen molar-refractivity contribution in [3.63, 3.8) is 0 Å². The Balaban J connectivity index is 1.45. The number of nitrogens with one attached hydrogen (secondary N) is 2. The van der Waals surface area contributed by atoms with Crippen LogP contribution in [0.5, 0.6) is 0 Å². The number of anilines is 1. The molecule has 7 heteroatoms. The summed E-state index contributed by atoms with van der Waals surface area (Å²) in [6.45, 7) is 5.68. The number of piperazine rings is 1. The fraction of sp³-hybridized carbons (Fsp3) is 0.571. The van der Waals surface area contributed by atoms with E-state index in [0.717, 1.165) is 43.4 Å². The van der Waals surface area contributed by atoms with Crippen LogP contribution in [0.2, 0.25) is 0 Å². The van der Waals surface area contributed by atoms with Crippen molar-refractivity contribution in [3.8, 4) is 0 Å². The van der Waals surface area contributed by atoms with Gasteiger partial charge in [0.05, 0.1) is 17.5 Å². The zero-order valence-electron chi connectivity index (χ0n) is 16.4. The molecule has 28 heavy (non-hydrogen) atoms. The maximum absolute atomic E-state index is 12.4. The molecule has 2 aromatic rings. The van der Waals surface area contributed by atoms with E-state index in [4.69, 9.17) is 10.4 Å². The van der Waals surface area contributed by atoms with E-state index in [1.165, 1.54) is 25.7 Å². The third kappa shape index (κ3) is 3.95. The highest BCUT2D eigenvalue weighted by atomic mass is 16.3. The normalized spacial score (nSPS) is 20.0. The summed E-state index contributed by atoms with van der Waals surface area (Å²) < 4.78 is 0. The molecule has 1 unspecified atom stereocenters. The smallest absolute Gasteiger partial charge is 0.222 e. The number of nitrogens with zero attached hydrogens (tertiary/aromatic N) is 3. The van der Waals surface area contributed by atoms with Crippen LogP contribution in [0.1, 0.15) is 49.5 Å². The molecule has 1 saturated carbocycles. The van der Waals surface area contributed by atoms with Crippen LogP contribution >= 0.6 is 0 Å². The molecule has 2 aromatic heterocycles. The minimum Gasteiger partial charge on any atom is -0.393 e. The number of Topliss-reactive ketones (excluding diaryl/α,β-unsaturated/α-hetero) is 1. The van der Waals surface area contributed by atoms with Crippen molar-refractivity contribution in [2.24, 2.45) is 0 Å². The third-order valence-electron chi connectivity index (χ3n) is 5.96. The number of aliphatic hydroxyl groups excluding tert-OH is 1. The lowest BCUT2D eigenvalue weighted by Gasteiger charge is -2.38. The average Bonchev–Trinajstić information content (AvgIpc) is 3.36. The summed E-state index contributed by atoms with van der Waals surface area (Å²) in [7, 11) is 0. The van der Waals surface area contributed by atoms with Gasteiger partial charge in [0, 0.05) is 44.0 Å². The van der Waals surface area contributed by atoms with Gasteiger partial charge in [-0.2, -0.15) is 0 Å². The van der Waals surface area contributed by atoms with Gasteiger partial charge < -0.3 is 20.4 Å². The van der Waals surface area contributed by atoms with E-state index in [1.54, 1.807) is 13.0 Å². The van der Waals surface area contributed by atoms with Crippen LogP contribution in [-0.4, -0.2) is 69.8 Å². The van der Waals surface area contributed by atoms with Crippen molar-refractivity contribution >= 4 is 28.3 Å². The summed E-state index contributed by atoms with van der Waals surface area (Å²) in [5.41, 5.74) is 0.935. The van der Waals surface area contributed by atoms with E-state index in [9.17, 15) is 9.90 Å². The van der Waals surface area contributed by atoms with Gasteiger partial charge in [0.25, 0.3) is 0 Å². The Labute approximate surface area is 165 Å². The molecule has 1 atom stereocenters. The van der Waals surface area contributed by atoms with Gasteiger partial charge in [0.15, 0.2) is 0 Å². The Morgan fingerprint density at radius 1 is 1.29 bits per heavy atom. The summed E-state index contributed by atoms with van der Waals surface area (Å²) in [6.07, 6.45) is 4.77. The monoisotopic (exact) mass is 383 g/mol. The Bertz CT molecular complexity index is 861. The van der Waals surface area contributed by atoms with Gasteiger partial charge in [0.2, 0.25) is 5.78 Å². The number of aliphatic hydroxyl groups is 1. The number of aromatic nitrogens is 2. The van der Waals surface area contributed by atoms with Gasteiger partial charge in [-0.3, -0.25) is 9.69 Å². The van der Waals surface area contributed by atoms with E-state index in [2.05, 4.69) is 14.8 Å². The minimum absolute atomic E-state index is 0.0537. The van der Waals surface area contributed by atoms with Crippen molar-refractivity contribution in [1.29, 1.82) is 5.41 Å². The summed E-state index contributed by atoms with van der Waals surface area (Å²) in [5, 5.41) is 18.1. The second-order valence-electron chi connectivity index (χ2n) is 8.11. The fourth-order valence-electron chi connectivity index (χ4n) is 4.43. The standard InChI is InChI=1S/C21H29N5O2/c1-14(27)12-17(22)20(28)18-13-15-6-7-19(24-21(15)23-18)26-10-8-25(9-11-26)16-4-2-3-5-16/h6-7,13-14,16,22,27H,2-5,8-12H2,1H3,(H,23,24). The van der Waals surface area contributed by atoms with Crippen molar-refractivity contribution in [1.82, 2.24) is 14.9 Å². The van der Waals surface area contributed by atoms with Crippen LogP contribution in [-0.2, 0) is 0 Å². The number of ketones is 1. The van der Waals surface area contributed by atoms with Crippen molar-refractivity contribution in [3.05, 3.63) is 23.9 Å². The van der Waals surface area contributed by atoms with Gasteiger partial charge in [-0.15, -0.1) is 0 Å². The molecule has 0 bridgehead atoms. The molecule has 1 aliphatic heterocycles. The number of carbonyl (C=O) groups excluding carboxylic acids is 1. The Morgan fingerprint density at radius 2 is 2.00 bits per heavy atom. The number of rotatable bonds is 6. The van der Waals surface area contributed by atoms with Crippen LogP contribution < -0.4 is 4.90 Å². The van der Waals surface area contributed by atoms with E-state index in [1.807, 2.05) is 12.1 Å². The molecule has 0 radical (unpaired) electrons. The molecule has 0 spiro atoms. The van der Waals surface area contributed by atoms with Crippen LogP contribution in [0.15, 0.2) is 18.2 Å². The van der Waals surface area contributed by atoms with Crippen LogP contribution in [0.4, 0.5) is 5.82 Å². The molecule has 2 fully saturated rings. The number of hydrogen-bond acceptors (Lipinski definition) is 6. The van der Waals surface area contributed by atoms with E-state index in [0.29, 0.717) is 11.3 Å². The Morgan fingerprint density at radius 3 is 2.68 bits per heavy atom. The van der Waals surface area contributed by atoms with Crippen molar-refractivity contribution in [2.75, 3.05) is 31.1 Å². The van der Waals surface area contributed by atoms with Gasteiger partial charge in [-0.05, 0) is 38.0 Å². The molecule has 150 valence electrons. The number of H-pyrrole nitrogens is 1. The van der Waals surface area contributed by atoms with Crippen LogP contribution in [0.25, 0.3) is 11.0 Å². The molecular formula is C21H29N5O2. The summed E-state index contributed by atoms with van der Waals surface area (Å²) >= 11 is 0. The molecule has 2 aliphatic rings. The summed E-state index contributed by atoms with van der Waals surface area (Å²) in [5.74, 6) is 0.545. The average molecular weight is 383 g/mol. The first-order valence-corrected chi connectivity index (χ1v) is 10.3. The van der Waals surface area contributed by atoms with Crippen molar-refractivity contribution in [2.45, 2.75) is 51.2 Å². The quantitative estimate of drug-likeness (QED) is 0.526. The Kier molecular flexibility index (Phi) is 5.46. The number of pyridine rings is 1. The van der Waals surface area contributed by atoms with Gasteiger partial charge in [-0.25, -0.2) is 4.98 Å². The minimum atomic E-state index is -0.701. The first-order chi connectivity index (χ1) is 13.5. The SMILES string of the molecule is CC(O)CC(=N)C(=O)c1cc2ccc(N3CCN(C4CCCC4)CC3)nc2[nH]1. The maximum atomic E-state index is 12.4. The zero-order valence-corrected chi connectivity index (χ0v) is 16.4. The molecule has 3 N–H and O–H groups in total. The molecule has 0 aromatic carbocycles. The van der Waals surface area contributed by atoms with Gasteiger partial charge in [0.1, 0.15) is 11.5 Å². The van der Waals surface area contributed by atoms with E-state index >= 15 is 0 Å². The predicted octanol–water partition coefficient (Wildman–Crippen LogP) is 2.60. The molecule has 7 nitrogen and oxygen atoms in total. The first kappa shape index (κ1) is 19.1. The lowest BCUT2D eigenvalue weighted by atomic mass is 10.1. The second kappa shape index (κ2) is 8.01. The topological polar surface area (TPSA) is 96.3 Å². The maximum Gasteiger partial charge on any atom is 0.222 e. The van der Waals surface area contributed by atoms with Gasteiger partial charge >= 0.3 is 0 Å². The fourth-order valence-corrected chi connectivity index (χ4v) is 4.43. The number of carbonyl (C=O) groups is 1. The van der Waals surface area contributed by atoms with Gasteiger partial charge in [-0.1, -0.05) is 12.8 Å². The van der Waals surface area contributed by atoms with E-state index in [-0.39, 0.29) is 17.9 Å². The Hall–Kier alpha value is -2.25. The molecule has 4 rings (SSSR count). The van der Waals surface area contributed by atoms with Crippen molar-refractivity contribution < 1.29 is 9.90 Å². The number of aromatic amines is 1. The highest BCUT2D eigenvalue weighted by Gasteiger charge is 2.26. The highest BCUT2D eigenvalue weighted by Crippen LogP contribution is 2.26. The number of fused-ring (bicyclic) bond motifs is 1. The molecule has 1 aliphatic carbocycles. The highest BCUT2D eigenvalue weighted by molar-refractivity contribution is 6.44. The molecule has 0 amide bonds. The lowest BCUT2D eigenvalue weighted by Crippen LogP contribution is -2.49. The largest absolute Gasteiger partial charge is 0.393 e.